The lowest BCUT2D eigenvalue weighted by atomic mass is 10.0. The second-order valence-electron chi connectivity index (χ2n) is 5.12. The summed E-state index contributed by atoms with van der Waals surface area (Å²) in [4.78, 5) is 9.20. The van der Waals surface area contributed by atoms with E-state index in [2.05, 4.69) is 4.72 Å². The number of nitro groups is 1. The Bertz CT molecular complexity index is 619. The molecule has 1 rings (SSSR count). The third-order valence-corrected chi connectivity index (χ3v) is 4.85. The molecular weight excluding hydrogens is 299 g/mol. The van der Waals surface area contributed by atoms with Gasteiger partial charge in [0, 0.05) is 6.04 Å². The Morgan fingerprint density at radius 2 is 2.00 bits per heavy atom. The molecular formula is C13H19FN2O4S. The Labute approximate surface area is 123 Å². The van der Waals surface area contributed by atoms with Gasteiger partial charge in [-0.2, -0.15) is 4.39 Å². The maximum atomic E-state index is 13.5. The molecule has 1 aromatic rings. The molecule has 0 amide bonds. The highest BCUT2D eigenvalue weighted by Crippen LogP contribution is 2.27. The van der Waals surface area contributed by atoms with Crippen molar-refractivity contribution in [3.8, 4) is 0 Å². The molecule has 21 heavy (non-hydrogen) atoms. The predicted molar refractivity (Wildman–Crippen MR) is 76.9 cm³/mol. The predicted octanol–water partition coefficient (Wildman–Crippen LogP) is 2.84. The van der Waals surface area contributed by atoms with E-state index in [-0.39, 0.29) is 0 Å². The van der Waals surface area contributed by atoms with E-state index < -0.39 is 37.4 Å². The van der Waals surface area contributed by atoms with Crippen molar-refractivity contribution in [3.63, 3.8) is 0 Å². The van der Waals surface area contributed by atoms with E-state index in [1.54, 1.807) is 6.92 Å². The number of halogens is 1. The zero-order chi connectivity index (χ0) is 16.2. The van der Waals surface area contributed by atoms with Crippen molar-refractivity contribution in [2.75, 3.05) is 0 Å². The lowest BCUT2D eigenvalue weighted by Gasteiger charge is -2.17. The molecule has 2 atom stereocenters. The number of para-hydroxylation sites is 1. The molecule has 0 saturated carbocycles. The van der Waals surface area contributed by atoms with Gasteiger partial charge in [0.05, 0.1) is 4.92 Å². The first-order chi connectivity index (χ1) is 9.69. The second-order valence-corrected chi connectivity index (χ2v) is 6.80. The summed E-state index contributed by atoms with van der Waals surface area (Å²) in [7, 11) is -4.14. The van der Waals surface area contributed by atoms with Gasteiger partial charge in [0.2, 0.25) is 15.8 Å². The number of hydrogen-bond acceptors (Lipinski definition) is 4. The molecule has 2 unspecified atom stereocenters. The summed E-state index contributed by atoms with van der Waals surface area (Å²) in [5.41, 5.74) is -1.03. The minimum atomic E-state index is -4.14. The van der Waals surface area contributed by atoms with Gasteiger partial charge in [0.1, 0.15) is 0 Å². The van der Waals surface area contributed by atoms with Crippen LogP contribution in [0.2, 0.25) is 0 Å². The van der Waals surface area contributed by atoms with Crippen molar-refractivity contribution >= 4 is 15.7 Å². The van der Waals surface area contributed by atoms with E-state index in [4.69, 9.17) is 0 Å². The molecule has 0 bridgehead atoms. The van der Waals surface area contributed by atoms with Crippen LogP contribution in [0.5, 0.6) is 0 Å². The number of rotatable bonds is 7. The average Bonchev–Trinajstić information content (AvgIpc) is 2.36. The summed E-state index contributed by atoms with van der Waals surface area (Å²) in [5.74, 6) is -0.859. The Balaban J connectivity index is 3.09. The van der Waals surface area contributed by atoms with Crippen molar-refractivity contribution in [2.45, 2.75) is 44.6 Å². The van der Waals surface area contributed by atoms with Crippen LogP contribution in [0, 0.1) is 21.8 Å². The molecule has 1 aromatic carbocycles. The first-order valence-electron chi connectivity index (χ1n) is 6.64. The molecule has 0 heterocycles. The Kier molecular flexibility index (Phi) is 5.79. The molecule has 0 aliphatic rings. The summed E-state index contributed by atoms with van der Waals surface area (Å²) in [6.07, 6.45) is 1.49. The quantitative estimate of drug-likeness (QED) is 0.618. The first kappa shape index (κ1) is 17.5. The molecule has 0 aliphatic heterocycles. The van der Waals surface area contributed by atoms with E-state index in [9.17, 15) is 22.9 Å². The molecule has 0 saturated heterocycles. The number of nitrogens with one attached hydrogen (secondary N) is 1. The number of nitro benzene ring substituents is 1. The van der Waals surface area contributed by atoms with Crippen LogP contribution in [0.4, 0.5) is 10.1 Å². The summed E-state index contributed by atoms with van der Waals surface area (Å²) >= 11 is 0. The molecule has 6 nitrogen and oxygen atoms in total. The molecule has 0 fully saturated rings. The maximum absolute atomic E-state index is 13.5. The standard InChI is InChI=1S/C13H19FN2O4S/c1-4-9(2)8-10(3)15-21(19,20)12-7-5-6-11(14)13(12)16(17)18/h5-7,9-10,15H,4,8H2,1-3H3. The van der Waals surface area contributed by atoms with Gasteiger partial charge < -0.3 is 0 Å². The summed E-state index contributed by atoms with van der Waals surface area (Å²) < 4.78 is 40.3. The van der Waals surface area contributed by atoms with Gasteiger partial charge in [-0.15, -0.1) is 0 Å². The van der Waals surface area contributed by atoms with Crippen LogP contribution >= 0.6 is 0 Å². The topological polar surface area (TPSA) is 89.3 Å². The molecule has 0 aromatic heterocycles. The van der Waals surface area contributed by atoms with Crippen LogP contribution < -0.4 is 4.72 Å². The molecule has 8 heteroatoms. The highest BCUT2D eigenvalue weighted by Gasteiger charge is 2.30. The summed E-state index contributed by atoms with van der Waals surface area (Å²) in [5, 5.41) is 10.9. The molecule has 0 spiro atoms. The van der Waals surface area contributed by atoms with Gasteiger partial charge in [0.25, 0.3) is 0 Å². The van der Waals surface area contributed by atoms with Crippen LogP contribution in [-0.4, -0.2) is 19.4 Å². The number of sulfonamides is 1. The van der Waals surface area contributed by atoms with Gasteiger partial charge in [-0.25, -0.2) is 13.1 Å². The molecule has 0 radical (unpaired) electrons. The lowest BCUT2D eigenvalue weighted by molar-refractivity contribution is -0.390. The average molecular weight is 318 g/mol. The fraction of sp³-hybridized carbons (Fsp3) is 0.538. The summed E-state index contributed by atoms with van der Waals surface area (Å²) in [6.45, 7) is 5.65. The van der Waals surface area contributed by atoms with Gasteiger partial charge in [0.15, 0.2) is 4.90 Å². The van der Waals surface area contributed by atoms with E-state index in [1.807, 2.05) is 13.8 Å². The van der Waals surface area contributed by atoms with Crippen molar-refractivity contribution in [1.29, 1.82) is 0 Å². The third-order valence-electron chi connectivity index (χ3n) is 3.23. The highest BCUT2D eigenvalue weighted by atomic mass is 32.2. The van der Waals surface area contributed by atoms with Gasteiger partial charge in [-0.05, 0) is 31.4 Å². The largest absolute Gasteiger partial charge is 0.324 e. The number of nitrogens with zero attached hydrogens (tertiary/aromatic N) is 1. The fourth-order valence-electron chi connectivity index (χ4n) is 2.04. The minimum absolute atomic E-state index is 0.310. The molecule has 118 valence electrons. The fourth-order valence-corrected chi connectivity index (χ4v) is 3.47. The van der Waals surface area contributed by atoms with Gasteiger partial charge in [-0.3, -0.25) is 10.1 Å². The van der Waals surface area contributed by atoms with Crippen LogP contribution in [-0.2, 0) is 10.0 Å². The zero-order valence-electron chi connectivity index (χ0n) is 12.2. The zero-order valence-corrected chi connectivity index (χ0v) is 13.0. The second kappa shape index (κ2) is 6.95. The van der Waals surface area contributed by atoms with Crippen LogP contribution in [0.25, 0.3) is 0 Å². The lowest BCUT2D eigenvalue weighted by Crippen LogP contribution is -2.34. The van der Waals surface area contributed by atoms with Crippen molar-refractivity contribution in [3.05, 3.63) is 34.1 Å². The molecule has 1 N–H and O–H groups in total. The third kappa shape index (κ3) is 4.47. The van der Waals surface area contributed by atoms with Gasteiger partial charge in [-0.1, -0.05) is 26.3 Å². The summed E-state index contributed by atoms with van der Waals surface area (Å²) in [6, 6.07) is 2.63. The van der Waals surface area contributed by atoms with Crippen molar-refractivity contribution in [1.82, 2.24) is 4.72 Å². The van der Waals surface area contributed by atoms with E-state index in [0.717, 1.165) is 24.6 Å². The SMILES string of the molecule is CCC(C)CC(C)NS(=O)(=O)c1cccc(F)c1[N+](=O)[O-]. The normalized spacial score (nSPS) is 14.7. The monoisotopic (exact) mass is 318 g/mol. The minimum Gasteiger partial charge on any atom is -0.258 e. The number of benzene rings is 1. The van der Waals surface area contributed by atoms with Crippen LogP contribution in [0.15, 0.2) is 23.1 Å². The highest BCUT2D eigenvalue weighted by molar-refractivity contribution is 7.89. The van der Waals surface area contributed by atoms with Gasteiger partial charge >= 0.3 is 5.69 Å². The Morgan fingerprint density at radius 1 is 1.38 bits per heavy atom. The van der Waals surface area contributed by atoms with Crippen molar-refractivity contribution < 1.29 is 17.7 Å². The maximum Gasteiger partial charge on any atom is 0.324 e. The smallest absolute Gasteiger partial charge is 0.258 e. The van der Waals surface area contributed by atoms with Crippen LogP contribution in [0.1, 0.15) is 33.6 Å². The van der Waals surface area contributed by atoms with E-state index >= 15 is 0 Å². The Hall–Kier alpha value is -1.54. The van der Waals surface area contributed by atoms with E-state index in [1.165, 1.54) is 0 Å². The number of hydrogen-bond donors (Lipinski definition) is 1. The van der Waals surface area contributed by atoms with Crippen molar-refractivity contribution in [2.24, 2.45) is 5.92 Å². The molecule has 0 aliphatic carbocycles. The van der Waals surface area contributed by atoms with Crippen LogP contribution in [0.3, 0.4) is 0 Å². The van der Waals surface area contributed by atoms with E-state index in [0.29, 0.717) is 12.3 Å². The Morgan fingerprint density at radius 3 is 2.52 bits per heavy atom. The first-order valence-corrected chi connectivity index (χ1v) is 8.12.